The molecule has 0 saturated heterocycles. The molecular formula is C19H22O2. The highest BCUT2D eigenvalue weighted by Gasteiger charge is 2.25. The molecule has 2 aromatic carbocycles. The smallest absolute Gasteiger partial charge is 0.119 e. The van der Waals surface area contributed by atoms with Gasteiger partial charge in [-0.2, -0.15) is 0 Å². The van der Waals surface area contributed by atoms with Gasteiger partial charge < -0.3 is 9.47 Å². The van der Waals surface area contributed by atoms with Crippen LogP contribution in [0.15, 0.2) is 73.3 Å². The molecule has 0 amide bonds. The first-order valence-electron chi connectivity index (χ1n) is 7.18. The fourth-order valence-corrected chi connectivity index (χ4v) is 2.06. The summed E-state index contributed by atoms with van der Waals surface area (Å²) in [6.07, 6.45) is 2.76. The molecule has 0 aliphatic heterocycles. The van der Waals surface area contributed by atoms with E-state index in [9.17, 15) is 0 Å². The molecular weight excluding hydrogens is 260 g/mol. The lowest BCUT2D eigenvalue weighted by Gasteiger charge is -2.28. The molecule has 0 heterocycles. The first-order chi connectivity index (χ1) is 10.2. The molecule has 2 heteroatoms. The standard InChI is InChI=1S/C19H22O2/c1-3-14-19(2,15-20-17-10-6-4-7-11-17)16-21-18-12-8-5-9-13-18/h3-13H,1,14-16H2,2H3. The molecule has 2 nitrogen and oxygen atoms in total. The van der Waals surface area contributed by atoms with E-state index in [1.807, 2.05) is 66.7 Å². The summed E-state index contributed by atoms with van der Waals surface area (Å²) >= 11 is 0. The average molecular weight is 282 g/mol. The van der Waals surface area contributed by atoms with E-state index in [2.05, 4.69) is 13.5 Å². The van der Waals surface area contributed by atoms with Crippen molar-refractivity contribution in [3.05, 3.63) is 73.3 Å². The van der Waals surface area contributed by atoms with Crippen LogP contribution in [0.25, 0.3) is 0 Å². The fourth-order valence-electron chi connectivity index (χ4n) is 2.06. The average Bonchev–Trinajstić information content (AvgIpc) is 2.54. The Hall–Kier alpha value is -2.22. The van der Waals surface area contributed by atoms with Gasteiger partial charge >= 0.3 is 0 Å². The van der Waals surface area contributed by atoms with Crippen molar-refractivity contribution in [1.29, 1.82) is 0 Å². The third kappa shape index (κ3) is 4.99. The van der Waals surface area contributed by atoms with Gasteiger partial charge in [0, 0.05) is 5.41 Å². The minimum atomic E-state index is -0.104. The molecule has 0 bridgehead atoms. The van der Waals surface area contributed by atoms with Gasteiger partial charge in [-0.1, -0.05) is 49.4 Å². The molecule has 0 atom stereocenters. The van der Waals surface area contributed by atoms with E-state index in [4.69, 9.17) is 9.47 Å². The lowest BCUT2D eigenvalue weighted by Crippen LogP contribution is -2.31. The first kappa shape index (κ1) is 15.2. The zero-order valence-corrected chi connectivity index (χ0v) is 12.5. The van der Waals surface area contributed by atoms with Gasteiger partial charge in [0.25, 0.3) is 0 Å². The van der Waals surface area contributed by atoms with Crippen LogP contribution in [-0.2, 0) is 0 Å². The van der Waals surface area contributed by atoms with E-state index in [0.717, 1.165) is 17.9 Å². The SMILES string of the molecule is C=CCC(C)(COc1ccccc1)COc1ccccc1. The van der Waals surface area contributed by atoms with Crippen molar-refractivity contribution in [2.24, 2.45) is 5.41 Å². The lowest BCUT2D eigenvalue weighted by atomic mass is 9.89. The van der Waals surface area contributed by atoms with E-state index in [-0.39, 0.29) is 5.41 Å². The Morgan fingerprint density at radius 3 is 1.67 bits per heavy atom. The molecule has 2 aromatic rings. The molecule has 0 aromatic heterocycles. The Morgan fingerprint density at radius 1 is 0.857 bits per heavy atom. The number of ether oxygens (including phenoxy) is 2. The van der Waals surface area contributed by atoms with Gasteiger partial charge in [0.2, 0.25) is 0 Å². The predicted molar refractivity (Wildman–Crippen MR) is 86.8 cm³/mol. The van der Waals surface area contributed by atoms with Crippen molar-refractivity contribution < 1.29 is 9.47 Å². The second-order valence-electron chi connectivity index (χ2n) is 5.51. The lowest BCUT2D eigenvalue weighted by molar-refractivity contribution is 0.0967. The number of allylic oxidation sites excluding steroid dienone is 1. The van der Waals surface area contributed by atoms with Crippen molar-refractivity contribution in [3.8, 4) is 11.5 Å². The molecule has 21 heavy (non-hydrogen) atoms. The third-order valence-electron chi connectivity index (χ3n) is 3.30. The quantitative estimate of drug-likeness (QED) is 0.652. The van der Waals surface area contributed by atoms with Crippen molar-refractivity contribution in [2.45, 2.75) is 13.3 Å². The molecule has 0 spiro atoms. The van der Waals surface area contributed by atoms with Crippen LogP contribution in [0.1, 0.15) is 13.3 Å². The summed E-state index contributed by atoms with van der Waals surface area (Å²) in [5.41, 5.74) is -0.104. The van der Waals surface area contributed by atoms with E-state index < -0.39 is 0 Å². The van der Waals surface area contributed by atoms with Gasteiger partial charge in [-0.3, -0.25) is 0 Å². The Bertz CT molecular complexity index is 491. The Balaban J connectivity index is 1.93. The van der Waals surface area contributed by atoms with E-state index in [1.54, 1.807) is 0 Å². The van der Waals surface area contributed by atoms with Crippen molar-refractivity contribution in [1.82, 2.24) is 0 Å². The number of rotatable bonds is 8. The minimum Gasteiger partial charge on any atom is -0.493 e. The van der Waals surface area contributed by atoms with E-state index in [1.165, 1.54) is 0 Å². The van der Waals surface area contributed by atoms with Crippen molar-refractivity contribution in [3.63, 3.8) is 0 Å². The molecule has 2 rings (SSSR count). The number of hydrogen-bond acceptors (Lipinski definition) is 2. The van der Waals surface area contributed by atoms with Crippen LogP contribution in [0.3, 0.4) is 0 Å². The van der Waals surface area contributed by atoms with Crippen LogP contribution in [0.2, 0.25) is 0 Å². The predicted octanol–water partition coefficient (Wildman–Crippen LogP) is 4.73. The topological polar surface area (TPSA) is 18.5 Å². The Kier molecular flexibility index (Phi) is 5.44. The largest absolute Gasteiger partial charge is 0.493 e. The van der Waals surface area contributed by atoms with Gasteiger partial charge in [-0.25, -0.2) is 0 Å². The molecule has 0 N–H and O–H groups in total. The maximum atomic E-state index is 5.88. The Labute approximate surface area is 127 Å². The molecule has 0 aliphatic carbocycles. The summed E-state index contributed by atoms with van der Waals surface area (Å²) < 4.78 is 11.8. The molecule has 0 saturated carbocycles. The van der Waals surface area contributed by atoms with Gasteiger partial charge in [0.15, 0.2) is 0 Å². The Morgan fingerprint density at radius 2 is 1.29 bits per heavy atom. The third-order valence-corrected chi connectivity index (χ3v) is 3.30. The van der Waals surface area contributed by atoms with E-state index >= 15 is 0 Å². The highest BCUT2D eigenvalue weighted by Crippen LogP contribution is 2.25. The van der Waals surface area contributed by atoms with Crippen LogP contribution < -0.4 is 9.47 Å². The van der Waals surface area contributed by atoms with Crippen LogP contribution in [0.5, 0.6) is 11.5 Å². The highest BCUT2D eigenvalue weighted by atomic mass is 16.5. The molecule has 110 valence electrons. The maximum absolute atomic E-state index is 5.88. The molecule has 0 unspecified atom stereocenters. The maximum Gasteiger partial charge on any atom is 0.119 e. The normalized spacial score (nSPS) is 10.9. The van der Waals surface area contributed by atoms with Crippen molar-refractivity contribution >= 4 is 0 Å². The molecule has 0 radical (unpaired) electrons. The van der Waals surface area contributed by atoms with Crippen molar-refractivity contribution in [2.75, 3.05) is 13.2 Å². The first-order valence-corrected chi connectivity index (χ1v) is 7.18. The summed E-state index contributed by atoms with van der Waals surface area (Å²) in [7, 11) is 0. The zero-order valence-electron chi connectivity index (χ0n) is 12.5. The molecule has 0 fully saturated rings. The summed E-state index contributed by atoms with van der Waals surface area (Å²) in [6, 6.07) is 19.7. The summed E-state index contributed by atoms with van der Waals surface area (Å²) in [5.74, 6) is 1.76. The highest BCUT2D eigenvalue weighted by molar-refractivity contribution is 5.22. The second kappa shape index (κ2) is 7.53. The van der Waals surface area contributed by atoms with Crippen LogP contribution in [0.4, 0.5) is 0 Å². The van der Waals surface area contributed by atoms with Crippen LogP contribution >= 0.6 is 0 Å². The monoisotopic (exact) mass is 282 g/mol. The van der Waals surface area contributed by atoms with Crippen LogP contribution in [-0.4, -0.2) is 13.2 Å². The van der Waals surface area contributed by atoms with Gasteiger partial charge in [-0.15, -0.1) is 6.58 Å². The number of benzene rings is 2. The van der Waals surface area contributed by atoms with Gasteiger partial charge in [0.1, 0.15) is 11.5 Å². The van der Waals surface area contributed by atoms with Gasteiger partial charge in [0.05, 0.1) is 13.2 Å². The second-order valence-corrected chi connectivity index (χ2v) is 5.51. The molecule has 0 aliphatic rings. The summed E-state index contributed by atoms with van der Waals surface area (Å²) in [4.78, 5) is 0. The summed E-state index contributed by atoms with van der Waals surface area (Å²) in [6.45, 7) is 7.18. The van der Waals surface area contributed by atoms with Gasteiger partial charge in [-0.05, 0) is 30.7 Å². The van der Waals surface area contributed by atoms with Crippen LogP contribution in [0, 0.1) is 5.41 Å². The number of para-hydroxylation sites is 2. The number of hydrogen-bond donors (Lipinski definition) is 0. The zero-order chi connectivity index (χ0) is 15.0. The summed E-state index contributed by atoms with van der Waals surface area (Å²) in [5, 5.41) is 0. The fraction of sp³-hybridized carbons (Fsp3) is 0.263. The van der Waals surface area contributed by atoms with E-state index in [0.29, 0.717) is 13.2 Å². The minimum absolute atomic E-state index is 0.104.